The molecule has 0 fully saturated rings. The molecule has 0 saturated heterocycles. The van der Waals surface area contributed by atoms with Gasteiger partial charge in [-0.2, -0.15) is 5.26 Å². The van der Waals surface area contributed by atoms with Crippen LogP contribution < -0.4 is 0 Å². The number of tetrazole rings is 1. The summed E-state index contributed by atoms with van der Waals surface area (Å²) in [5.74, 6) is -0.705. The Hall–Kier alpha value is -3.53. The Morgan fingerprint density at radius 2 is 1.95 bits per heavy atom. The second kappa shape index (κ2) is 5.46. The van der Waals surface area contributed by atoms with Crippen LogP contribution in [-0.4, -0.2) is 31.7 Å². The molecule has 0 radical (unpaired) electrons. The second-order valence-electron chi connectivity index (χ2n) is 4.51. The van der Waals surface area contributed by atoms with Crippen LogP contribution in [0, 0.1) is 11.3 Å². The number of benzene rings is 2. The number of aromatic carboxylic acids is 1. The fraction of sp³-hybridized carbons (Fsp3) is 0. The van der Waals surface area contributed by atoms with Gasteiger partial charge in [-0.1, -0.05) is 18.2 Å². The van der Waals surface area contributed by atoms with Gasteiger partial charge in [-0.15, -0.1) is 5.10 Å². The third-order valence-corrected chi connectivity index (χ3v) is 3.16. The van der Waals surface area contributed by atoms with Crippen LogP contribution in [0.2, 0.25) is 0 Å². The molecule has 0 saturated carbocycles. The van der Waals surface area contributed by atoms with Crippen molar-refractivity contribution in [3.8, 4) is 28.6 Å². The first-order valence-corrected chi connectivity index (χ1v) is 6.31. The van der Waals surface area contributed by atoms with Gasteiger partial charge in [-0.25, -0.2) is 9.89 Å². The number of nitrogens with one attached hydrogen (secondary N) is 1. The molecule has 7 nitrogen and oxygen atoms in total. The Morgan fingerprint density at radius 1 is 1.18 bits per heavy atom. The zero-order chi connectivity index (χ0) is 15.5. The van der Waals surface area contributed by atoms with Gasteiger partial charge in [0.05, 0.1) is 17.2 Å². The maximum Gasteiger partial charge on any atom is 0.335 e. The lowest BCUT2D eigenvalue weighted by molar-refractivity contribution is 0.0697. The van der Waals surface area contributed by atoms with Crippen LogP contribution in [0.15, 0.2) is 42.5 Å². The van der Waals surface area contributed by atoms with Crippen molar-refractivity contribution in [1.29, 1.82) is 5.26 Å². The smallest absolute Gasteiger partial charge is 0.335 e. The highest BCUT2D eigenvalue weighted by Crippen LogP contribution is 2.28. The Kier molecular flexibility index (Phi) is 3.34. The monoisotopic (exact) mass is 291 g/mol. The van der Waals surface area contributed by atoms with E-state index >= 15 is 0 Å². The van der Waals surface area contributed by atoms with Gasteiger partial charge >= 0.3 is 5.97 Å². The van der Waals surface area contributed by atoms with Crippen LogP contribution in [0.3, 0.4) is 0 Å². The normalized spacial score (nSPS) is 10.1. The minimum atomic E-state index is -1.06. The van der Waals surface area contributed by atoms with Crippen molar-refractivity contribution in [2.75, 3.05) is 0 Å². The van der Waals surface area contributed by atoms with Gasteiger partial charge in [-0.3, -0.25) is 0 Å². The molecule has 0 bridgehead atoms. The van der Waals surface area contributed by atoms with Crippen LogP contribution >= 0.6 is 0 Å². The van der Waals surface area contributed by atoms with Crippen molar-refractivity contribution in [3.63, 3.8) is 0 Å². The van der Waals surface area contributed by atoms with Gasteiger partial charge in [0.1, 0.15) is 0 Å². The van der Waals surface area contributed by atoms with Gasteiger partial charge in [0.25, 0.3) is 0 Å². The summed E-state index contributed by atoms with van der Waals surface area (Å²) in [5, 5.41) is 31.8. The standard InChI is InChI=1S/C15H9N5O2/c16-8-9-3-1-2-4-13(9)10-5-11(14-17-19-20-18-14)7-12(6-10)15(21)22/h1-7H,(H,21,22)(H,17,18,19,20). The summed E-state index contributed by atoms with van der Waals surface area (Å²) < 4.78 is 0. The molecule has 0 aliphatic rings. The molecule has 22 heavy (non-hydrogen) atoms. The number of hydrogen-bond donors (Lipinski definition) is 2. The first-order valence-electron chi connectivity index (χ1n) is 6.31. The zero-order valence-corrected chi connectivity index (χ0v) is 11.2. The number of aromatic amines is 1. The van der Waals surface area contributed by atoms with Gasteiger partial charge in [0, 0.05) is 5.56 Å². The second-order valence-corrected chi connectivity index (χ2v) is 4.51. The van der Waals surface area contributed by atoms with E-state index in [2.05, 4.69) is 26.7 Å². The molecular weight excluding hydrogens is 282 g/mol. The average molecular weight is 291 g/mol. The van der Waals surface area contributed by atoms with Crippen molar-refractivity contribution in [2.45, 2.75) is 0 Å². The summed E-state index contributed by atoms with van der Waals surface area (Å²) in [4.78, 5) is 11.3. The molecule has 2 aromatic carbocycles. The van der Waals surface area contributed by atoms with E-state index in [0.29, 0.717) is 28.1 Å². The van der Waals surface area contributed by atoms with Crippen LogP contribution in [0.25, 0.3) is 22.5 Å². The topological polar surface area (TPSA) is 116 Å². The number of carboxylic acid groups (broad SMARTS) is 1. The summed E-state index contributed by atoms with van der Waals surface area (Å²) in [7, 11) is 0. The molecule has 0 spiro atoms. The number of nitrogens with zero attached hydrogens (tertiary/aromatic N) is 4. The van der Waals surface area contributed by atoms with E-state index in [0.717, 1.165) is 0 Å². The van der Waals surface area contributed by atoms with Crippen molar-refractivity contribution in [2.24, 2.45) is 0 Å². The fourth-order valence-corrected chi connectivity index (χ4v) is 2.16. The summed E-state index contributed by atoms with van der Waals surface area (Å²) in [6.45, 7) is 0. The highest BCUT2D eigenvalue weighted by molar-refractivity contribution is 5.92. The molecule has 106 valence electrons. The Morgan fingerprint density at radius 3 is 2.64 bits per heavy atom. The number of nitriles is 1. The Balaban J connectivity index is 2.24. The fourth-order valence-electron chi connectivity index (χ4n) is 2.16. The number of carboxylic acids is 1. The molecule has 3 aromatic rings. The first kappa shape index (κ1) is 13.5. The van der Waals surface area contributed by atoms with E-state index in [1.807, 2.05) is 0 Å². The van der Waals surface area contributed by atoms with Crippen molar-refractivity contribution >= 4 is 5.97 Å². The van der Waals surface area contributed by atoms with Crippen LogP contribution in [0.5, 0.6) is 0 Å². The van der Waals surface area contributed by atoms with E-state index in [1.165, 1.54) is 12.1 Å². The summed E-state index contributed by atoms with van der Waals surface area (Å²) >= 11 is 0. The molecule has 0 unspecified atom stereocenters. The van der Waals surface area contributed by atoms with E-state index < -0.39 is 5.97 Å². The third kappa shape index (κ3) is 2.41. The van der Waals surface area contributed by atoms with Crippen LogP contribution in [0.4, 0.5) is 0 Å². The Bertz CT molecular complexity index is 881. The number of hydrogen-bond acceptors (Lipinski definition) is 5. The number of aromatic nitrogens is 4. The van der Waals surface area contributed by atoms with E-state index in [9.17, 15) is 15.2 Å². The SMILES string of the molecule is N#Cc1ccccc1-c1cc(C(=O)O)cc(-c2nnn[nH]2)c1. The lowest BCUT2D eigenvalue weighted by Crippen LogP contribution is -1.98. The van der Waals surface area contributed by atoms with Gasteiger partial charge in [-0.05, 0) is 45.8 Å². The molecule has 0 atom stereocenters. The third-order valence-electron chi connectivity index (χ3n) is 3.16. The van der Waals surface area contributed by atoms with Crippen LogP contribution in [-0.2, 0) is 0 Å². The number of carbonyl (C=O) groups is 1. The van der Waals surface area contributed by atoms with Gasteiger partial charge in [0.15, 0.2) is 5.82 Å². The maximum absolute atomic E-state index is 11.3. The molecule has 7 heteroatoms. The molecule has 0 aliphatic heterocycles. The number of rotatable bonds is 3. The summed E-state index contributed by atoms with van der Waals surface area (Å²) in [5.41, 5.74) is 2.36. The largest absolute Gasteiger partial charge is 0.478 e. The average Bonchev–Trinajstić information content (AvgIpc) is 3.09. The highest BCUT2D eigenvalue weighted by Gasteiger charge is 2.13. The highest BCUT2D eigenvalue weighted by atomic mass is 16.4. The summed E-state index contributed by atoms with van der Waals surface area (Å²) in [6, 6.07) is 13.8. The predicted molar refractivity (Wildman–Crippen MR) is 76.7 cm³/mol. The first-order chi connectivity index (χ1) is 10.7. The minimum absolute atomic E-state index is 0.0941. The van der Waals surface area contributed by atoms with E-state index in [-0.39, 0.29) is 5.56 Å². The van der Waals surface area contributed by atoms with Gasteiger partial charge < -0.3 is 5.11 Å². The Labute approximate surface area is 124 Å². The lowest BCUT2D eigenvalue weighted by Gasteiger charge is -2.08. The molecule has 3 rings (SSSR count). The molecule has 2 N–H and O–H groups in total. The zero-order valence-electron chi connectivity index (χ0n) is 11.2. The van der Waals surface area contributed by atoms with Crippen molar-refractivity contribution < 1.29 is 9.90 Å². The molecular formula is C15H9N5O2. The van der Waals surface area contributed by atoms with E-state index in [4.69, 9.17) is 0 Å². The maximum atomic E-state index is 11.3. The number of H-pyrrole nitrogens is 1. The summed E-state index contributed by atoms with van der Waals surface area (Å²) in [6.07, 6.45) is 0. The minimum Gasteiger partial charge on any atom is -0.478 e. The van der Waals surface area contributed by atoms with Crippen molar-refractivity contribution in [3.05, 3.63) is 53.6 Å². The lowest BCUT2D eigenvalue weighted by atomic mass is 9.96. The molecule has 0 amide bonds. The molecule has 1 heterocycles. The molecule has 0 aliphatic carbocycles. The van der Waals surface area contributed by atoms with Crippen molar-refractivity contribution in [1.82, 2.24) is 20.6 Å². The van der Waals surface area contributed by atoms with E-state index in [1.54, 1.807) is 30.3 Å². The van der Waals surface area contributed by atoms with Gasteiger partial charge in [0.2, 0.25) is 0 Å². The quantitative estimate of drug-likeness (QED) is 0.763. The van der Waals surface area contributed by atoms with Crippen LogP contribution in [0.1, 0.15) is 15.9 Å². The molecule has 1 aromatic heterocycles. The predicted octanol–water partition coefficient (Wildman–Crippen LogP) is 2.10.